The van der Waals surface area contributed by atoms with Gasteiger partial charge < -0.3 is 9.64 Å². The molecule has 0 unspecified atom stereocenters. The molecular weight excluding hydrogens is 283 g/mol. The fraction of sp³-hybridized carbons (Fsp3) is 0.533. The van der Waals surface area contributed by atoms with Gasteiger partial charge in [0.1, 0.15) is 5.75 Å². The number of ether oxygens (including phenoxy) is 1. The topological polar surface area (TPSA) is 29.5 Å². The zero-order chi connectivity index (χ0) is 16.0. The molecule has 0 atom stereocenters. The van der Waals surface area contributed by atoms with E-state index in [0.717, 1.165) is 12.0 Å². The molecule has 0 N–H and O–H groups in total. The lowest BCUT2D eigenvalue weighted by Gasteiger charge is -2.18. The second kappa shape index (κ2) is 7.33. The van der Waals surface area contributed by atoms with Crippen molar-refractivity contribution in [3.05, 3.63) is 29.8 Å². The summed E-state index contributed by atoms with van der Waals surface area (Å²) in [5, 5.41) is 0. The van der Waals surface area contributed by atoms with Gasteiger partial charge in [-0.05, 0) is 30.0 Å². The van der Waals surface area contributed by atoms with Crippen LogP contribution in [0.5, 0.6) is 5.75 Å². The summed E-state index contributed by atoms with van der Waals surface area (Å²) < 4.78 is 39.9. The number of carbonyl (C=O) groups is 1. The van der Waals surface area contributed by atoms with Gasteiger partial charge in [-0.1, -0.05) is 26.0 Å². The van der Waals surface area contributed by atoms with Gasteiger partial charge in [0.2, 0.25) is 5.91 Å². The molecule has 0 radical (unpaired) electrons. The van der Waals surface area contributed by atoms with Crippen LogP contribution in [0, 0.1) is 5.92 Å². The predicted octanol–water partition coefficient (Wildman–Crippen LogP) is 3.98. The van der Waals surface area contributed by atoms with Crippen LogP contribution in [-0.4, -0.2) is 24.2 Å². The van der Waals surface area contributed by atoms with Gasteiger partial charge in [0.05, 0.1) is 0 Å². The molecule has 0 aromatic heterocycles. The SMILES string of the molecule is CC(C)CCC(=O)N(C)Cc1ccc(OC(F)(F)F)cc1. The highest BCUT2D eigenvalue weighted by Crippen LogP contribution is 2.23. The van der Waals surface area contributed by atoms with Crippen LogP contribution in [0.3, 0.4) is 0 Å². The Hall–Kier alpha value is -1.72. The van der Waals surface area contributed by atoms with Crippen LogP contribution in [0.15, 0.2) is 24.3 Å². The smallest absolute Gasteiger partial charge is 0.406 e. The van der Waals surface area contributed by atoms with E-state index in [-0.39, 0.29) is 11.7 Å². The lowest BCUT2D eigenvalue weighted by molar-refractivity contribution is -0.274. The van der Waals surface area contributed by atoms with Crippen molar-refractivity contribution >= 4 is 5.91 Å². The van der Waals surface area contributed by atoms with Crippen molar-refractivity contribution in [3.8, 4) is 5.75 Å². The van der Waals surface area contributed by atoms with Gasteiger partial charge in [0.15, 0.2) is 0 Å². The standard InChI is InChI=1S/C15H20F3NO2/c1-11(2)4-9-14(20)19(3)10-12-5-7-13(8-6-12)21-15(16,17)18/h5-8,11H,4,9-10H2,1-3H3. The number of carbonyl (C=O) groups excluding carboxylic acids is 1. The maximum Gasteiger partial charge on any atom is 0.573 e. The number of amides is 1. The molecule has 0 bridgehead atoms. The lowest BCUT2D eigenvalue weighted by atomic mass is 10.1. The van der Waals surface area contributed by atoms with E-state index < -0.39 is 6.36 Å². The average molecular weight is 303 g/mol. The molecule has 0 aliphatic heterocycles. The number of hydrogen-bond acceptors (Lipinski definition) is 2. The molecule has 3 nitrogen and oxygen atoms in total. The van der Waals surface area contributed by atoms with Gasteiger partial charge in [-0.2, -0.15) is 0 Å². The molecule has 1 amide bonds. The highest BCUT2D eigenvalue weighted by Gasteiger charge is 2.30. The summed E-state index contributed by atoms with van der Waals surface area (Å²) in [6, 6.07) is 5.53. The van der Waals surface area contributed by atoms with Gasteiger partial charge >= 0.3 is 6.36 Å². The normalized spacial score (nSPS) is 11.6. The summed E-state index contributed by atoms with van der Waals surface area (Å²) in [6.07, 6.45) is -3.39. The van der Waals surface area contributed by atoms with Crippen LogP contribution in [0.2, 0.25) is 0 Å². The number of nitrogens with zero attached hydrogens (tertiary/aromatic N) is 1. The van der Waals surface area contributed by atoms with E-state index in [1.165, 1.54) is 24.3 Å². The molecule has 0 saturated carbocycles. The number of rotatable bonds is 6. The fourth-order valence-electron chi connectivity index (χ4n) is 1.76. The quantitative estimate of drug-likeness (QED) is 0.795. The summed E-state index contributed by atoms with van der Waals surface area (Å²) in [5.74, 6) is 0.223. The average Bonchev–Trinajstić information content (AvgIpc) is 2.36. The first-order chi connectivity index (χ1) is 9.67. The van der Waals surface area contributed by atoms with Crippen LogP contribution >= 0.6 is 0 Å². The van der Waals surface area contributed by atoms with Gasteiger partial charge in [0, 0.05) is 20.0 Å². The molecule has 0 aliphatic carbocycles. The third-order valence-corrected chi connectivity index (χ3v) is 2.94. The van der Waals surface area contributed by atoms with Crippen molar-refractivity contribution in [1.29, 1.82) is 0 Å². The maximum atomic E-state index is 12.0. The van der Waals surface area contributed by atoms with E-state index in [4.69, 9.17) is 0 Å². The monoisotopic (exact) mass is 303 g/mol. The molecule has 1 rings (SSSR count). The summed E-state index contributed by atoms with van der Waals surface area (Å²) >= 11 is 0. The zero-order valence-electron chi connectivity index (χ0n) is 12.4. The molecular formula is C15H20F3NO2. The first kappa shape index (κ1) is 17.3. The van der Waals surface area contributed by atoms with Crippen LogP contribution in [0.4, 0.5) is 13.2 Å². The van der Waals surface area contributed by atoms with E-state index in [0.29, 0.717) is 18.9 Å². The first-order valence-electron chi connectivity index (χ1n) is 6.76. The number of halogens is 3. The number of benzene rings is 1. The Morgan fingerprint density at radius 3 is 2.29 bits per heavy atom. The van der Waals surface area contributed by atoms with Crippen molar-refractivity contribution in [2.75, 3.05) is 7.05 Å². The van der Waals surface area contributed by atoms with Crippen molar-refractivity contribution < 1.29 is 22.7 Å². The number of alkyl halides is 3. The van der Waals surface area contributed by atoms with E-state index in [9.17, 15) is 18.0 Å². The second-order valence-corrected chi connectivity index (χ2v) is 5.37. The summed E-state index contributed by atoms with van der Waals surface area (Å²) in [5.41, 5.74) is 0.755. The maximum absolute atomic E-state index is 12.0. The van der Waals surface area contributed by atoms with E-state index in [1.807, 2.05) is 13.8 Å². The van der Waals surface area contributed by atoms with Crippen LogP contribution in [0.1, 0.15) is 32.3 Å². The molecule has 1 aromatic rings. The highest BCUT2D eigenvalue weighted by molar-refractivity contribution is 5.75. The largest absolute Gasteiger partial charge is 0.573 e. The summed E-state index contributed by atoms with van der Waals surface area (Å²) in [7, 11) is 1.68. The molecule has 0 spiro atoms. The second-order valence-electron chi connectivity index (χ2n) is 5.37. The molecule has 21 heavy (non-hydrogen) atoms. The predicted molar refractivity (Wildman–Crippen MR) is 73.7 cm³/mol. The first-order valence-corrected chi connectivity index (χ1v) is 6.76. The summed E-state index contributed by atoms with van der Waals surface area (Å²) in [6.45, 7) is 4.46. The Morgan fingerprint density at radius 2 is 1.81 bits per heavy atom. The van der Waals surface area contributed by atoms with Gasteiger partial charge in [0.25, 0.3) is 0 Å². The van der Waals surface area contributed by atoms with Crippen LogP contribution < -0.4 is 4.74 Å². The van der Waals surface area contributed by atoms with Crippen molar-refractivity contribution in [2.24, 2.45) is 5.92 Å². The Bertz CT molecular complexity index is 455. The van der Waals surface area contributed by atoms with Gasteiger partial charge in [-0.3, -0.25) is 4.79 Å². The van der Waals surface area contributed by atoms with Gasteiger partial charge in [-0.15, -0.1) is 13.2 Å². The number of hydrogen-bond donors (Lipinski definition) is 0. The Kier molecular flexibility index (Phi) is 6.05. The third kappa shape index (κ3) is 7.02. The third-order valence-electron chi connectivity index (χ3n) is 2.94. The Labute approximate surface area is 122 Å². The molecule has 0 saturated heterocycles. The van der Waals surface area contributed by atoms with Crippen molar-refractivity contribution in [3.63, 3.8) is 0 Å². The van der Waals surface area contributed by atoms with Crippen LogP contribution in [0.25, 0.3) is 0 Å². The minimum absolute atomic E-state index is 0.0271. The van der Waals surface area contributed by atoms with Crippen molar-refractivity contribution in [2.45, 2.75) is 39.6 Å². The Morgan fingerprint density at radius 1 is 1.24 bits per heavy atom. The van der Waals surface area contributed by atoms with Crippen LogP contribution in [-0.2, 0) is 11.3 Å². The molecule has 118 valence electrons. The minimum atomic E-state index is -4.69. The zero-order valence-corrected chi connectivity index (χ0v) is 12.4. The molecule has 0 fully saturated rings. The summed E-state index contributed by atoms with van der Waals surface area (Å²) in [4.78, 5) is 13.4. The minimum Gasteiger partial charge on any atom is -0.406 e. The van der Waals surface area contributed by atoms with E-state index in [1.54, 1.807) is 11.9 Å². The Balaban J connectivity index is 2.53. The molecule has 0 heterocycles. The van der Waals surface area contributed by atoms with E-state index >= 15 is 0 Å². The van der Waals surface area contributed by atoms with Crippen molar-refractivity contribution in [1.82, 2.24) is 4.90 Å². The lowest BCUT2D eigenvalue weighted by Crippen LogP contribution is -2.26. The van der Waals surface area contributed by atoms with Gasteiger partial charge in [-0.25, -0.2) is 0 Å². The fourth-order valence-corrected chi connectivity index (χ4v) is 1.76. The highest BCUT2D eigenvalue weighted by atomic mass is 19.4. The molecule has 1 aromatic carbocycles. The van der Waals surface area contributed by atoms with E-state index in [2.05, 4.69) is 4.74 Å². The molecule has 0 aliphatic rings. The molecule has 6 heteroatoms.